The largest absolute Gasteiger partial charge is 0.378 e. The molecule has 21 heavy (non-hydrogen) atoms. The lowest BCUT2D eigenvalue weighted by atomic mass is 10.1. The number of rotatable bonds is 14. The molecule has 0 N–H and O–H groups in total. The van der Waals surface area contributed by atoms with Gasteiger partial charge in [0.15, 0.2) is 0 Å². The average Bonchev–Trinajstić information content (AvgIpc) is 2.45. The molecule has 3 heteroatoms. The first-order chi connectivity index (χ1) is 10.1. The molecule has 0 aromatic carbocycles. The van der Waals surface area contributed by atoms with E-state index in [0.717, 1.165) is 25.9 Å². The van der Waals surface area contributed by atoms with Crippen molar-refractivity contribution in [1.29, 1.82) is 0 Å². The smallest absolute Gasteiger partial charge is 0.224 e. The number of unbranched alkanes of at least 4 members (excludes halogenated alkanes) is 6. The lowest BCUT2D eigenvalue weighted by Crippen LogP contribution is -2.33. The van der Waals surface area contributed by atoms with E-state index in [2.05, 4.69) is 18.7 Å². The second kappa shape index (κ2) is 14.4. The first kappa shape index (κ1) is 20.4. The van der Waals surface area contributed by atoms with Crippen LogP contribution in [0.4, 0.5) is 0 Å². The SMILES string of the molecule is CCCCCCN(CCCCCC)C(=O)CCOC(C)C. The van der Waals surface area contributed by atoms with Crippen molar-refractivity contribution < 1.29 is 9.53 Å². The van der Waals surface area contributed by atoms with Crippen LogP contribution in [0.25, 0.3) is 0 Å². The molecule has 0 aliphatic heterocycles. The van der Waals surface area contributed by atoms with E-state index >= 15 is 0 Å². The maximum absolute atomic E-state index is 12.3. The van der Waals surface area contributed by atoms with E-state index in [1.54, 1.807) is 0 Å². The van der Waals surface area contributed by atoms with Crippen molar-refractivity contribution in [1.82, 2.24) is 4.90 Å². The lowest BCUT2D eigenvalue weighted by molar-refractivity contribution is -0.132. The van der Waals surface area contributed by atoms with Crippen LogP contribution in [-0.2, 0) is 9.53 Å². The highest BCUT2D eigenvalue weighted by Gasteiger charge is 2.12. The van der Waals surface area contributed by atoms with Gasteiger partial charge in [-0.1, -0.05) is 52.4 Å². The Morgan fingerprint density at radius 3 is 1.86 bits per heavy atom. The van der Waals surface area contributed by atoms with Crippen molar-refractivity contribution in [3.8, 4) is 0 Å². The number of nitrogens with zero attached hydrogens (tertiary/aromatic N) is 1. The molecular weight excluding hydrogens is 262 g/mol. The predicted octanol–water partition coefficient (Wildman–Crippen LogP) is 4.79. The topological polar surface area (TPSA) is 29.5 Å². The number of hydrogen-bond donors (Lipinski definition) is 0. The number of carbonyl (C=O) groups excluding carboxylic acids is 1. The highest BCUT2D eigenvalue weighted by Crippen LogP contribution is 2.07. The van der Waals surface area contributed by atoms with Gasteiger partial charge in [0.2, 0.25) is 5.91 Å². The van der Waals surface area contributed by atoms with Crippen molar-refractivity contribution in [3.63, 3.8) is 0 Å². The number of ether oxygens (including phenoxy) is 1. The van der Waals surface area contributed by atoms with Crippen LogP contribution in [0.15, 0.2) is 0 Å². The Morgan fingerprint density at radius 2 is 1.43 bits per heavy atom. The fraction of sp³-hybridized carbons (Fsp3) is 0.944. The van der Waals surface area contributed by atoms with Crippen LogP contribution in [0, 0.1) is 0 Å². The molecule has 0 heterocycles. The minimum absolute atomic E-state index is 0.209. The molecule has 0 atom stereocenters. The maximum atomic E-state index is 12.3. The molecule has 1 amide bonds. The summed E-state index contributed by atoms with van der Waals surface area (Å²) >= 11 is 0. The minimum atomic E-state index is 0.209. The molecular formula is C18H37NO2. The summed E-state index contributed by atoms with van der Waals surface area (Å²) in [6, 6.07) is 0. The monoisotopic (exact) mass is 299 g/mol. The Balaban J connectivity index is 4.04. The van der Waals surface area contributed by atoms with Gasteiger partial charge < -0.3 is 9.64 Å². The first-order valence-corrected chi connectivity index (χ1v) is 9.01. The molecule has 0 aliphatic rings. The Hall–Kier alpha value is -0.570. The van der Waals surface area contributed by atoms with E-state index in [9.17, 15) is 4.79 Å². The third kappa shape index (κ3) is 12.9. The molecule has 0 bridgehead atoms. The highest BCUT2D eigenvalue weighted by molar-refractivity contribution is 5.76. The number of carbonyl (C=O) groups is 1. The lowest BCUT2D eigenvalue weighted by Gasteiger charge is -2.23. The summed E-state index contributed by atoms with van der Waals surface area (Å²) in [4.78, 5) is 14.4. The van der Waals surface area contributed by atoms with E-state index in [0.29, 0.717) is 13.0 Å². The maximum Gasteiger partial charge on any atom is 0.224 e. The minimum Gasteiger partial charge on any atom is -0.378 e. The fourth-order valence-electron chi connectivity index (χ4n) is 2.36. The van der Waals surface area contributed by atoms with Crippen LogP contribution >= 0.6 is 0 Å². The van der Waals surface area contributed by atoms with Crippen molar-refractivity contribution in [2.24, 2.45) is 0 Å². The Morgan fingerprint density at radius 1 is 0.905 bits per heavy atom. The Labute approximate surface area is 132 Å². The van der Waals surface area contributed by atoms with Crippen LogP contribution in [-0.4, -0.2) is 36.6 Å². The van der Waals surface area contributed by atoms with E-state index in [4.69, 9.17) is 4.74 Å². The number of amides is 1. The summed E-state index contributed by atoms with van der Waals surface area (Å²) in [7, 11) is 0. The molecule has 0 radical (unpaired) electrons. The first-order valence-electron chi connectivity index (χ1n) is 9.01. The van der Waals surface area contributed by atoms with Gasteiger partial charge in [-0.05, 0) is 26.7 Å². The third-order valence-corrected chi connectivity index (χ3v) is 3.68. The molecule has 126 valence electrons. The van der Waals surface area contributed by atoms with Gasteiger partial charge in [0.1, 0.15) is 0 Å². The van der Waals surface area contributed by atoms with Crippen LogP contribution in [0.2, 0.25) is 0 Å². The van der Waals surface area contributed by atoms with Crippen molar-refractivity contribution >= 4 is 5.91 Å². The van der Waals surface area contributed by atoms with E-state index in [1.807, 2.05) is 13.8 Å². The summed E-state index contributed by atoms with van der Waals surface area (Å²) in [5.41, 5.74) is 0. The molecule has 0 saturated carbocycles. The molecule has 0 aliphatic carbocycles. The molecule has 0 saturated heterocycles. The van der Waals surface area contributed by atoms with Crippen molar-refractivity contribution in [2.45, 2.75) is 91.6 Å². The molecule has 0 fully saturated rings. The van der Waals surface area contributed by atoms with E-state index < -0.39 is 0 Å². The zero-order valence-electron chi connectivity index (χ0n) is 14.8. The summed E-state index contributed by atoms with van der Waals surface area (Å²) in [6.45, 7) is 10.9. The van der Waals surface area contributed by atoms with Gasteiger partial charge in [0.05, 0.1) is 19.1 Å². The molecule has 0 rings (SSSR count). The molecule has 0 aromatic rings. The van der Waals surface area contributed by atoms with Crippen LogP contribution in [0.5, 0.6) is 0 Å². The zero-order valence-corrected chi connectivity index (χ0v) is 14.8. The standard InChI is InChI=1S/C18H37NO2/c1-5-7-9-11-14-19(15-12-10-8-6-2)18(20)13-16-21-17(3)4/h17H,5-16H2,1-4H3. The van der Waals surface area contributed by atoms with Crippen LogP contribution in [0.3, 0.4) is 0 Å². The van der Waals surface area contributed by atoms with Crippen LogP contribution in [0.1, 0.15) is 85.5 Å². The molecule has 0 spiro atoms. The van der Waals surface area contributed by atoms with Gasteiger partial charge in [-0.25, -0.2) is 0 Å². The van der Waals surface area contributed by atoms with Gasteiger partial charge in [-0.15, -0.1) is 0 Å². The summed E-state index contributed by atoms with van der Waals surface area (Å²) in [5, 5.41) is 0. The molecule has 0 aromatic heterocycles. The van der Waals surface area contributed by atoms with Gasteiger partial charge >= 0.3 is 0 Å². The van der Waals surface area contributed by atoms with Gasteiger partial charge in [-0.3, -0.25) is 4.79 Å². The van der Waals surface area contributed by atoms with E-state index in [1.165, 1.54) is 38.5 Å². The van der Waals surface area contributed by atoms with E-state index in [-0.39, 0.29) is 12.0 Å². The number of hydrogen-bond acceptors (Lipinski definition) is 2. The van der Waals surface area contributed by atoms with Gasteiger partial charge in [0.25, 0.3) is 0 Å². The molecule has 3 nitrogen and oxygen atoms in total. The van der Waals surface area contributed by atoms with Crippen molar-refractivity contribution in [3.05, 3.63) is 0 Å². The summed E-state index contributed by atoms with van der Waals surface area (Å²) < 4.78 is 5.50. The summed E-state index contributed by atoms with van der Waals surface area (Å²) in [6.07, 6.45) is 10.5. The van der Waals surface area contributed by atoms with Gasteiger partial charge in [0, 0.05) is 13.1 Å². The fourth-order valence-corrected chi connectivity index (χ4v) is 2.36. The highest BCUT2D eigenvalue weighted by atomic mass is 16.5. The third-order valence-electron chi connectivity index (χ3n) is 3.68. The Kier molecular flexibility index (Phi) is 14.0. The normalized spacial score (nSPS) is 11.1. The average molecular weight is 299 g/mol. The second-order valence-electron chi connectivity index (χ2n) is 6.17. The summed E-state index contributed by atoms with van der Waals surface area (Å²) in [5.74, 6) is 0.267. The zero-order chi connectivity index (χ0) is 15.9. The molecule has 0 unspecified atom stereocenters. The predicted molar refractivity (Wildman–Crippen MR) is 90.6 cm³/mol. The quantitative estimate of drug-likeness (QED) is 0.432. The second-order valence-corrected chi connectivity index (χ2v) is 6.17. The van der Waals surface area contributed by atoms with Gasteiger partial charge in [-0.2, -0.15) is 0 Å². The Bertz CT molecular complexity index is 229. The van der Waals surface area contributed by atoms with Crippen molar-refractivity contribution in [2.75, 3.05) is 19.7 Å². The van der Waals surface area contributed by atoms with Crippen LogP contribution < -0.4 is 0 Å².